The SMILES string of the molecule is C[C@H](OC(=O)/C=C/c1c(F)cccc1Cl)C(=O)Nc1ccc2c(c1)OCO2. The molecule has 1 N–H and O–H groups in total. The van der Waals surface area contributed by atoms with Crippen LogP contribution < -0.4 is 14.8 Å². The van der Waals surface area contributed by atoms with Crippen molar-refractivity contribution in [1.82, 2.24) is 0 Å². The first-order chi connectivity index (χ1) is 12.9. The lowest BCUT2D eigenvalue weighted by molar-refractivity contribution is -0.148. The van der Waals surface area contributed by atoms with E-state index in [4.69, 9.17) is 25.8 Å². The number of halogens is 2. The Kier molecular flexibility index (Phi) is 5.61. The molecule has 140 valence electrons. The first-order valence-corrected chi connectivity index (χ1v) is 8.35. The quantitative estimate of drug-likeness (QED) is 0.620. The van der Waals surface area contributed by atoms with Crippen LogP contribution in [0.1, 0.15) is 12.5 Å². The normalized spacial score (nSPS) is 13.4. The molecule has 8 heteroatoms. The molecule has 2 aromatic rings. The predicted molar refractivity (Wildman–Crippen MR) is 97.2 cm³/mol. The average Bonchev–Trinajstić information content (AvgIpc) is 3.09. The number of hydrogen-bond acceptors (Lipinski definition) is 5. The van der Waals surface area contributed by atoms with Crippen molar-refractivity contribution in [2.24, 2.45) is 0 Å². The molecule has 1 atom stereocenters. The highest BCUT2D eigenvalue weighted by atomic mass is 35.5. The number of esters is 1. The fourth-order valence-electron chi connectivity index (χ4n) is 2.31. The largest absolute Gasteiger partial charge is 0.454 e. The Balaban J connectivity index is 1.57. The zero-order valence-corrected chi connectivity index (χ0v) is 15.0. The van der Waals surface area contributed by atoms with Gasteiger partial charge in [-0.15, -0.1) is 0 Å². The molecule has 1 amide bonds. The molecule has 1 heterocycles. The van der Waals surface area contributed by atoms with E-state index in [1.807, 2.05) is 0 Å². The van der Waals surface area contributed by atoms with Gasteiger partial charge in [-0.2, -0.15) is 0 Å². The summed E-state index contributed by atoms with van der Waals surface area (Å²) in [4.78, 5) is 24.0. The van der Waals surface area contributed by atoms with E-state index in [2.05, 4.69) is 5.32 Å². The summed E-state index contributed by atoms with van der Waals surface area (Å²) in [6.07, 6.45) is 1.14. The molecule has 0 spiro atoms. The maximum Gasteiger partial charge on any atom is 0.331 e. The van der Waals surface area contributed by atoms with Gasteiger partial charge < -0.3 is 19.5 Å². The van der Waals surface area contributed by atoms with Crippen LogP contribution in [-0.4, -0.2) is 24.8 Å². The maximum atomic E-state index is 13.7. The molecule has 1 aliphatic rings. The van der Waals surface area contributed by atoms with Crippen LogP contribution in [0.15, 0.2) is 42.5 Å². The molecule has 0 unspecified atom stereocenters. The predicted octanol–water partition coefficient (Wildman–Crippen LogP) is 3.79. The van der Waals surface area contributed by atoms with Crippen LogP contribution in [0.5, 0.6) is 11.5 Å². The second kappa shape index (κ2) is 8.09. The Morgan fingerprint density at radius 1 is 1.26 bits per heavy atom. The van der Waals surface area contributed by atoms with E-state index >= 15 is 0 Å². The van der Waals surface area contributed by atoms with E-state index in [1.165, 1.54) is 31.2 Å². The van der Waals surface area contributed by atoms with Crippen LogP contribution in [-0.2, 0) is 14.3 Å². The molecule has 0 bridgehead atoms. The molecule has 0 radical (unpaired) electrons. The molecule has 0 fully saturated rings. The number of carbonyl (C=O) groups is 2. The van der Waals surface area contributed by atoms with Gasteiger partial charge in [0.05, 0.1) is 5.02 Å². The first kappa shape index (κ1) is 18.7. The van der Waals surface area contributed by atoms with Gasteiger partial charge in [0.1, 0.15) is 5.82 Å². The number of anilines is 1. The molecule has 2 aromatic carbocycles. The number of benzene rings is 2. The topological polar surface area (TPSA) is 73.9 Å². The monoisotopic (exact) mass is 391 g/mol. The lowest BCUT2D eigenvalue weighted by atomic mass is 10.2. The highest BCUT2D eigenvalue weighted by Gasteiger charge is 2.19. The third-order valence-corrected chi connectivity index (χ3v) is 4.02. The number of rotatable bonds is 5. The number of carbonyl (C=O) groups excluding carboxylic acids is 2. The minimum atomic E-state index is -1.07. The van der Waals surface area contributed by atoms with E-state index in [0.29, 0.717) is 17.2 Å². The number of ether oxygens (including phenoxy) is 3. The van der Waals surface area contributed by atoms with E-state index in [1.54, 1.807) is 18.2 Å². The highest BCUT2D eigenvalue weighted by molar-refractivity contribution is 6.32. The molecule has 0 saturated carbocycles. The molecule has 6 nitrogen and oxygen atoms in total. The minimum absolute atomic E-state index is 0.0635. The second-order valence-corrected chi connectivity index (χ2v) is 6.01. The van der Waals surface area contributed by atoms with Crippen molar-refractivity contribution in [3.05, 3.63) is 58.9 Å². The standard InChI is InChI=1S/C19H15ClFNO5/c1-11(19(24)22-12-5-7-16-17(9-12)26-10-25-16)27-18(23)8-6-13-14(20)3-2-4-15(13)21/h2-9,11H,10H2,1H3,(H,22,24)/b8-6+/t11-/m0/s1. The Bertz CT molecular complexity index is 895. The van der Waals surface area contributed by atoms with Crippen molar-refractivity contribution in [1.29, 1.82) is 0 Å². The van der Waals surface area contributed by atoms with Crippen LogP contribution in [0.3, 0.4) is 0 Å². The lowest BCUT2D eigenvalue weighted by Gasteiger charge is -2.12. The molecule has 0 saturated heterocycles. The van der Waals surface area contributed by atoms with Gasteiger partial charge in [-0.25, -0.2) is 9.18 Å². The summed E-state index contributed by atoms with van der Waals surface area (Å²) in [5.41, 5.74) is 0.536. The summed E-state index contributed by atoms with van der Waals surface area (Å²) < 4.78 is 29.1. The highest BCUT2D eigenvalue weighted by Crippen LogP contribution is 2.34. The molecular formula is C19H15ClFNO5. The van der Waals surface area contributed by atoms with E-state index < -0.39 is 23.8 Å². The Morgan fingerprint density at radius 3 is 2.81 bits per heavy atom. The average molecular weight is 392 g/mol. The van der Waals surface area contributed by atoms with Crippen molar-refractivity contribution >= 4 is 35.2 Å². The number of hydrogen-bond donors (Lipinski definition) is 1. The fraction of sp³-hybridized carbons (Fsp3) is 0.158. The smallest absolute Gasteiger partial charge is 0.331 e. The van der Waals surface area contributed by atoms with Crippen molar-refractivity contribution in [2.45, 2.75) is 13.0 Å². The van der Waals surface area contributed by atoms with E-state index in [-0.39, 0.29) is 17.4 Å². The van der Waals surface area contributed by atoms with Crippen molar-refractivity contribution in [3.8, 4) is 11.5 Å². The van der Waals surface area contributed by atoms with Gasteiger partial charge in [0.15, 0.2) is 17.6 Å². The zero-order chi connectivity index (χ0) is 19.4. The Morgan fingerprint density at radius 2 is 2.04 bits per heavy atom. The van der Waals surface area contributed by atoms with Crippen LogP contribution >= 0.6 is 11.6 Å². The van der Waals surface area contributed by atoms with Crippen LogP contribution in [0.4, 0.5) is 10.1 Å². The van der Waals surface area contributed by atoms with Gasteiger partial charge in [-0.05, 0) is 37.3 Å². The van der Waals surface area contributed by atoms with Crippen LogP contribution in [0.25, 0.3) is 6.08 Å². The fourth-order valence-corrected chi connectivity index (χ4v) is 2.53. The minimum Gasteiger partial charge on any atom is -0.454 e. The summed E-state index contributed by atoms with van der Waals surface area (Å²) in [5, 5.41) is 2.77. The summed E-state index contributed by atoms with van der Waals surface area (Å²) in [5.74, 6) is -0.797. The lowest BCUT2D eigenvalue weighted by Crippen LogP contribution is -2.29. The molecular weight excluding hydrogens is 377 g/mol. The van der Waals surface area contributed by atoms with Crippen molar-refractivity contribution < 1.29 is 28.2 Å². The Hall–Kier alpha value is -3.06. The Labute approximate surface area is 159 Å². The molecule has 3 rings (SSSR count). The molecule has 1 aliphatic heterocycles. The van der Waals surface area contributed by atoms with Crippen molar-refractivity contribution in [3.63, 3.8) is 0 Å². The van der Waals surface area contributed by atoms with Gasteiger partial charge in [-0.3, -0.25) is 4.79 Å². The molecule has 0 aromatic heterocycles. The summed E-state index contributed by atoms with van der Waals surface area (Å²) >= 11 is 5.87. The van der Waals surface area contributed by atoms with Gasteiger partial charge in [-0.1, -0.05) is 17.7 Å². The maximum absolute atomic E-state index is 13.7. The number of nitrogens with one attached hydrogen (secondary N) is 1. The van der Waals surface area contributed by atoms with E-state index in [0.717, 1.165) is 6.08 Å². The first-order valence-electron chi connectivity index (χ1n) is 7.97. The summed E-state index contributed by atoms with van der Waals surface area (Å²) in [6.45, 7) is 1.54. The summed E-state index contributed by atoms with van der Waals surface area (Å²) in [7, 11) is 0. The molecule has 27 heavy (non-hydrogen) atoms. The van der Waals surface area contributed by atoms with Crippen LogP contribution in [0, 0.1) is 5.82 Å². The zero-order valence-electron chi connectivity index (χ0n) is 14.2. The third kappa shape index (κ3) is 4.57. The van der Waals surface area contributed by atoms with Crippen LogP contribution in [0.2, 0.25) is 5.02 Å². The van der Waals surface area contributed by atoms with Gasteiger partial charge >= 0.3 is 5.97 Å². The molecule has 0 aliphatic carbocycles. The number of fused-ring (bicyclic) bond motifs is 1. The number of amides is 1. The second-order valence-electron chi connectivity index (χ2n) is 5.61. The summed E-state index contributed by atoms with van der Waals surface area (Å²) in [6, 6.07) is 9.08. The van der Waals surface area contributed by atoms with Gasteiger partial charge in [0.25, 0.3) is 5.91 Å². The third-order valence-electron chi connectivity index (χ3n) is 3.69. The van der Waals surface area contributed by atoms with Gasteiger partial charge in [0.2, 0.25) is 6.79 Å². The van der Waals surface area contributed by atoms with Crippen molar-refractivity contribution in [2.75, 3.05) is 12.1 Å². The van der Waals surface area contributed by atoms with Gasteiger partial charge in [0, 0.05) is 23.4 Å². The van der Waals surface area contributed by atoms with E-state index in [9.17, 15) is 14.0 Å².